The van der Waals surface area contributed by atoms with Crippen molar-refractivity contribution >= 4 is 5.71 Å². The first-order valence-corrected chi connectivity index (χ1v) is 5.75. The average molecular weight is 195 g/mol. The third-order valence-electron chi connectivity index (χ3n) is 2.66. The summed E-state index contributed by atoms with van der Waals surface area (Å²) in [6.07, 6.45) is 4.59. The van der Waals surface area contributed by atoms with Gasteiger partial charge in [-0.1, -0.05) is 40.7 Å². The highest BCUT2D eigenvalue weighted by atomic mass is 14.7. The molecule has 0 aliphatic carbocycles. The molecule has 0 N–H and O–H groups in total. The van der Waals surface area contributed by atoms with Crippen molar-refractivity contribution in [2.24, 2.45) is 16.8 Å². The van der Waals surface area contributed by atoms with Gasteiger partial charge in [-0.05, 0) is 30.3 Å². The third kappa shape index (κ3) is 3.65. The first-order chi connectivity index (χ1) is 6.58. The monoisotopic (exact) mass is 195 g/mol. The molecule has 0 rings (SSSR count). The molecule has 0 aliphatic heterocycles. The summed E-state index contributed by atoms with van der Waals surface area (Å²) >= 11 is 0. The quantitative estimate of drug-likeness (QED) is 0.586. The molecule has 1 heteroatoms. The fourth-order valence-corrected chi connectivity index (χ4v) is 1.68. The summed E-state index contributed by atoms with van der Waals surface area (Å²) in [5.41, 5.74) is 2.73. The first kappa shape index (κ1) is 13.4. The zero-order valence-corrected chi connectivity index (χ0v) is 10.6. The van der Waals surface area contributed by atoms with Crippen LogP contribution in [-0.4, -0.2) is 12.8 Å². The van der Waals surface area contributed by atoms with Crippen LogP contribution >= 0.6 is 0 Å². The van der Waals surface area contributed by atoms with Crippen molar-refractivity contribution in [3.05, 3.63) is 11.6 Å². The predicted molar refractivity (Wildman–Crippen MR) is 66.0 cm³/mol. The minimum atomic E-state index is 0.584. The van der Waals surface area contributed by atoms with Crippen molar-refractivity contribution in [3.8, 4) is 0 Å². The van der Waals surface area contributed by atoms with E-state index in [0.717, 1.165) is 6.42 Å². The van der Waals surface area contributed by atoms with Gasteiger partial charge < -0.3 is 0 Å². The fraction of sp³-hybridized carbons (Fsp3) is 0.769. The van der Waals surface area contributed by atoms with E-state index in [2.05, 4.69) is 45.7 Å². The van der Waals surface area contributed by atoms with Crippen molar-refractivity contribution in [1.82, 2.24) is 0 Å². The van der Waals surface area contributed by atoms with Gasteiger partial charge in [0.25, 0.3) is 0 Å². The Bertz CT molecular complexity index is 211. The van der Waals surface area contributed by atoms with E-state index in [0.29, 0.717) is 11.8 Å². The molecule has 0 saturated heterocycles. The van der Waals surface area contributed by atoms with Crippen LogP contribution in [0.1, 0.15) is 47.5 Å². The molecule has 0 aromatic rings. The molecule has 0 spiro atoms. The smallest absolute Gasteiger partial charge is 0.0404 e. The molecule has 0 aromatic carbocycles. The van der Waals surface area contributed by atoms with E-state index < -0.39 is 0 Å². The predicted octanol–water partition coefficient (Wildman–Crippen LogP) is 4.10. The maximum Gasteiger partial charge on any atom is 0.0404 e. The van der Waals surface area contributed by atoms with Crippen LogP contribution < -0.4 is 0 Å². The van der Waals surface area contributed by atoms with E-state index in [1.165, 1.54) is 17.7 Å². The lowest BCUT2D eigenvalue weighted by molar-refractivity contribution is 0.710. The van der Waals surface area contributed by atoms with Crippen molar-refractivity contribution in [1.29, 1.82) is 0 Å². The summed E-state index contributed by atoms with van der Waals surface area (Å²) in [5, 5.41) is 0. The Hall–Kier alpha value is -0.590. The van der Waals surface area contributed by atoms with Crippen LogP contribution in [0.5, 0.6) is 0 Å². The van der Waals surface area contributed by atoms with Gasteiger partial charge in [0, 0.05) is 12.8 Å². The highest BCUT2D eigenvalue weighted by Crippen LogP contribution is 2.19. The number of rotatable bonds is 5. The highest BCUT2D eigenvalue weighted by molar-refractivity contribution is 6.01. The van der Waals surface area contributed by atoms with Crippen LogP contribution in [0.2, 0.25) is 0 Å². The van der Waals surface area contributed by atoms with Gasteiger partial charge in [-0.15, -0.1) is 0 Å². The van der Waals surface area contributed by atoms with Gasteiger partial charge in [-0.2, -0.15) is 0 Å². The number of hydrogen-bond acceptors (Lipinski definition) is 1. The number of nitrogens with zero attached hydrogens (tertiary/aromatic N) is 1. The van der Waals surface area contributed by atoms with Crippen molar-refractivity contribution in [2.75, 3.05) is 7.05 Å². The van der Waals surface area contributed by atoms with Crippen molar-refractivity contribution in [2.45, 2.75) is 47.5 Å². The second-order valence-electron chi connectivity index (χ2n) is 4.14. The molecule has 0 aliphatic rings. The molecule has 0 aromatic heterocycles. The fourth-order valence-electron chi connectivity index (χ4n) is 1.68. The summed E-state index contributed by atoms with van der Waals surface area (Å²) in [4.78, 5) is 4.45. The Morgan fingerprint density at radius 3 is 2.07 bits per heavy atom. The molecular weight excluding hydrogens is 170 g/mol. The van der Waals surface area contributed by atoms with Gasteiger partial charge in [0.05, 0.1) is 0 Å². The molecule has 0 radical (unpaired) electrons. The Labute approximate surface area is 89.3 Å². The van der Waals surface area contributed by atoms with Crippen LogP contribution in [0.25, 0.3) is 0 Å². The second kappa shape index (κ2) is 6.80. The van der Waals surface area contributed by atoms with Gasteiger partial charge in [-0.25, -0.2) is 0 Å². The standard InChI is InChI=1S/C13H25N/c1-7-9-12(10(3)4)13(14-6)11(5)8-2/h9-11H,7-8H2,1-6H3/b12-9-,14-13?. The molecule has 0 heterocycles. The number of allylic oxidation sites excluding steroid dienone is 2. The molecule has 0 amide bonds. The molecule has 1 unspecified atom stereocenters. The summed E-state index contributed by atoms with van der Waals surface area (Å²) in [6.45, 7) is 11.2. The van der Waals surface area contributed by atoms with E-state index in [9.17, 15) is 0 Å². The number of aliphatic imine (C=N–C) groups is 1. The minimum absolute atomic E-state index is 0.584. The third-order valence-corrected chi connectivity index (χ3v) is 2.66. The zero-order chi connectivity index (χ0) is 11.1. The molecular formula is C13H25N. The van der Waals surface area contributed by atoms with E-state index in [-0.39, 0.29) is 0 Å². The van der Waals surface area contributed by atoms with Gasteiger partial charge in [0.15, 0.2) is 0 Å². The Morgan fingerprint density at radius 2 is 1.79 bits per heavy atom. The maximum absolute atomic E-state index is 4.45. The summed E-state index contributed by atoms with van der Waals surface area (Å²) in [6, 6.07) is 0. The van der Waals surface area contributed by atoms with E-state index in [1.54, 1.807) is 0 Å². The van der Waals surface area contributed by atoms with Crippen molar-refractivity contribution in [3.63, 3.8) is 0 Å². The molecule has 0 bridgehead atoms. The van der Waals surface area contributed by atoms with Crippen molar-refractivity contribution < 1.29 is 0 Å². The second-order valence-corrected chi connectivity index (χ2v) is 4.14. The zero-order valence-electron chi connectivity index (χ0n) is 10.6. The van der Waals surface area contributed by atoms with E-state index in [4.69, 9.17) is 0 Å². The highest BCUT2D eigenvalue weighted by Gasteiger charge is 2.15. The van der Waals surface area contributed by atoms with Crippen LogP contribution in [0.3, 0.4) is 0 Å². The molecule has 1 nitrogen and oxygen atoms in total. The lowest BCUT2D eigenvalue weighted by Crippen LogP contribution is -2.17. The van der Waals surface area contributed by atoms with Crippen LogP contribution in [0, 0.1) is 11.8 Å². The first-order valence-electron chi connectivity index (χ1n) is 5.75. The normalized spacial score (nSPS) is 16.2. The minimum Gasteiger partial charge on any atom is -0.293 e. The number of hydrogen-bond donors (Lipinski definition) is 0. The molecule has 14 heavy (non-hydrogen) atoms. The average Bonchev–Trinajstić information content (AvgIpc) is 2.16. The Balaban J connectivity index is 4.88. The van der Waals surface area contributed by atoms with Gasteiger partial charge in [-0.3, -0.25) is 4.99 Å². The summed E-state index contributed by atoms with van der Waals surface area (Å²) < 4.78 is 0. The summed E-state index contributed by atoms with van der Waals surface area (Å²) in [7, 11) is 1.91. The van der Waals surface area contributed by atoms with Gasteiger partial charge in [0.2, 0.25) is 0 Å². The van der Waals surface area contributed by atoms with Crippen LogP contribution in [0.4, 0.5) is 0 Å². The van der Waals surface area contributed by atoms with Crippen LogP contribution in [0.15, 0.2) is 16.6 Å². The maximum atomic E-state index is 4.45. The lowest BCUT2D eigenvalue weighted by Gasteiger charge is -2.19. The molecule has 0 fully saturated rings. The SMILES string of the molecule is CC/C=C(\C(=NC)C(C)CC)C(C)C. The largest absolute Gasteiger partial charge is 0.293 e. The van der Waals surface area contributed by atoms with E-state index in [1.807, 2.05) is 7.05 Å². The van der Waals surface area contributed by atoms with Crippen LogP contribution in [-0.2, 0) is 0 Å². The van der Waals surface area contributed by atoms with Gasteiger partial charge >= 0.3 is 0 Å². The molecule has 82 valence electrons. The topological polar surface area (TPSA) is 12.4 Å². The lowest BCUT2D eigenvalue weighted by atomic mass is 9.88. The van der Waals surface area contributed by atoms with Gasteiger partial charge in [0.1, 0.15) is 0 Å². The molecule has 0 saturated carbocycles. The Kier molecular flexibility index (Phi) is 6.52. The Morgan fingerprint density at radius 1 is 1.21 bits per heavy atom. The summed E-state index contributed by atoms with van der Waals surface area (Å²) in [5.74, 6) is 1.17. The molecule has 1 atom stereocenters. The van der Waals surface area contributed by atoms with E-state index >= 15 is 0 Å².